The van der Waals surface area contributed by atoms with Gasteiger partial charge in [0.2, 0.25) is 0 Å². The largest absolute Gasteiger partial charge is 0.545 e. The van der Waals surface area contributed by atoms with E-state index in [0.717, 1.165) is 0 Å². The zero-order valence-electron chi connectivity index (χ0n) is 26.6. The Morgan fingerprint density at radius 3 is 0.760 bits per heavy atom. The van der Waals surface area contributed by atoms with Crippen molar-refractivity contribution in [1.82, 2.24) is 0 Å². The molecule has 5 rings (SSSR count). The van der Waals surface area contributed by atoms with E-state index in [0.29, 0.717) is 0 Å². The Hall–Kier alpha value is -7.22. The number of hydrogen-bond donors (Lipinski definition) is 4. The van der Waals surface area contributed by atoms with E-state index in [-0.39, 0.29) is 33.4 Å². The number of aryl methyl sites for hydroxylation is 2. The summed E-state index contributed by atoms with van der Waals surface area (Å²) in [5.74, 6) is -7.95. The van der Waals surface area contributed by atoms with Crippen LogP contribution in [-0.4, -0.2) is 56.2 Å². The molecule has 0 unspecified atom stereocenters. The first-order valence-corrected chi connectivity index (χ1v) is 14.2. The first kappa shape index (κ1) is 40.8. The van der Waals surface area contributed by atoms with Gasteiger partial charge in [0.15, 0.2) is 23.8 Å². The van der Waals surface area contributed by atoms with E-state index in [1.165, 1.54) is 84.2 Å². The molecule has 258 valence electrons. The van der Waals surface area contributed by atoms with Gasteiger partial charge in [-0.3, -0.25) is 0 Å². The molecule has 3 aromatic carbocycles. The molecule has 0 radical (unpaired) electrons. The third kappa shape index (κ3) is 14.9. The van der Waals surface area contributed by atoms with Crippen LogP contribution < -0.4 is 20.2 Å². The molecule has 0 amide bonds. The highest BCUT2D eigenvalue weighted by atomic mass is 16.4. The predicted molar refractivity (Wildman–Crippen MR) is 171 cm³/mol. The number of H-pyrrole nitrogens is 2. The Morgan fingerprint density at radius 2 is 0.620 bits per heavy atom. The topological polar surface area (TPSA) is 258 Å². The molecule has 14 nitrogen and oxygen atoms in total. The van der Waals surface area contributed by atoms with Gasteiger partial charge in [0.05, 0.1) is 34.2 Å². The van der Waals surface area contributed by atoms with E-state index in [1.807, 2.05) is 62.6 Å². The second kappa shape index (κ2) is 21.6. The van der Waals surface area contributed by atoms with Crippen molar-refractivity contribution in [2.75, 3.05) is 0 Å². The lowest BCUT2D eigenvalue weighted by atomic mass is 10.1. The number of aromatic amines is 2. The van der Waals surface area contributed by atoms with Crippen molar-refractivity contribution < 1.29 is 69.4 Å². The number of nitrogens with one attached hydrogen (secondary N) is 2. The molecule has 6 N–H and O–H groups in total. The quantitative estimate of drug-likeness (QED) is 0.201. The Kier molecular flexibility index (Phi) is 17.6. The number of carboxylic acids is 6. The predicted octanol–water partition coefficient (Wildman–Crippen LogP) is 2.20. The SMILES string of the molecule is Cc1cccc[nH+]1.Cc1cccc[nH+]1.O=C(O)c1ccccc1C(=O)O.O=C([O-])c1ccccc1C(=O)O.O=C([O-])c1ccccc1C(=O)O. The summed E-state index contributed by atoms with van der Waals surface area (Å²) in [4.78, 5) is 68.6. The van der Waals surface area contributed by atoms with Crippen molar-refractivity contribution in [3.05, 3.63) is 166 Å². The van der Waals surface area contributed by atoms with Gasteiger partial charge in [0.25, 0.3) is 0 Å². The third-order valence-corrected chi connectivity index (χ3v) is 5.87. The maximum absolute atomic E-state index is 10.5. The van der Waals surface area contributed by atoms with Crippen LogP contribution in [0, 0.1) is 13.8 Å². The number of carbonyl (C=O) groups is 6. The maximum Gasteiger partial charge on any atom is 0.336 e. The van der Waals surface area contributed by atoms with Crippen LogP contribution in [-0.2, 0) is 0 Å². The first-order valence-electron chi connectivity index (χ1n) is 14.2. The summed E-state index contributed by atoms with van der Waals surface area (Å²) in [5.41, 5.74) is 0.907. The fourth-order valence-corrected chi connectivity index (χ4v) is 3.52. The molecule has 0 atom stereocenters. The normalized spacial score (nSPS) is 9.16. The summed E-state index contributed by atoms with van der Waals surface area (Å²) in [6, 6.07) is 28.1. The van der Waals surface area contributed by atoms with Gasteiger partial charge in [-0.2, -0.15) is 0 Å². The Balaban J connectivity index is 0.000000318. The summed E-state index contributed by atoms with van der Waals surface area (Å²) in [7, 11) is 0. The van der Waals surface area contributed by atoms with Crippen molar-refractivity contribution in [1.29, 1.82) is 0 Å². The van der Waals surface area contributed by atoms with Gasteiger partial charge in [-0.15, -0.1) is 0 Å². The van der Waals surface area contributed by atoms with Crippen LogP contribution in [0.5, 0.6) is 0 Å². The van der Waals surface area contributed by atoms with E-state index in [9.17, 15) is 39.0 Å². The first-order chi connectivity index (χ1) is 23.7. The maximum atomic E-state index is 10.5. The summed E-state index contributed by atoms with van der Waals surface area (Å²) in [5, 5.41) is 54.9. The molecule has 2 aromatic heterocycles. The molecule has 14 heteroatoms. The smallest absolute Gasteiger partial charge is 0.336 e. The van der Waals surface area contributed by atoms with E-state index in [4.69, 9.17) is 20.4 Å². The highest BCUT2D eigenvalue weighted by Gasteiger charge is 2.13. The number of hydrogen-bond acceptors (Lipinski definition) is 8. The van der Waals surface area contributed by atoms with Gasteiger partial charge >= 0.3 is 23.9 Å². The van der Waals surface area contributed by atoms with Crippen LogP contribution in [0.25, 0.3) is 0 Å². The fraction of sp³-hybridized carbons (Fsp3) is 0.0556. The lowest BCUT2D eigenvalue weighted by Gasteiger charge is -2.04. The van der Waals surface area contributed by atoms with Crippen molar-refractivity contribution in [3.8, 4) is 0 Å². The molecule has 0 aliphatic heterocycles. The lowest BCUT2D eigenvalue weighted by Crippen LogP contribution is -2.24. The molecule has 0 aliphatic rings. The molecule has 0 aliphatic carbocycles. The van der Waals surface area contributed by atoms with Crippen molar-refractivity contribution >= 4 is 35.8 Å². The molecular weight excluding hydrogens is 652 g/mol. The minimum absolute atomic E-state index is 0.190. The van der Waals surface area contributed by atoms with Gasteiger partial charge in [0.1, 0.15) is 0 Å². The Labute approximate surface area is 285 Å². The molecule has 50 heavy (non-hydrogen) atoms. The van der Waals surface area contributed by atoms with E-state index < -0.39 is 35.8 Å². The second-order valence-corrected chi connectivity index (χ2v) is 9.52. The van der Waals surface area contributed by atoms with Gasteiger partial charge in [-0.1, -0.05) is 60.7 Å². The number of benzene rings is 3. The van der Waals surface area contributed by atoms with Crippen molar-refractivity contribution in [2.24, 2.45) is 0 Å². The molecule has 0 spiro atoms. The fourth-order valence-electron chi connectivity index (χ4n) is 3.52. The standard InChI is InChI=1S/3C8H6O4.2C6H7N/c3*9-7(10)5-3-1-2-4-6(5)8(11)12;2*1-6-4-2-3-5-7-6/h3*1-4H,(H,9,10)(H,11,12);2*2-5H,1H3. The van der Waals surface area contributed by atoms with E-state index >= 15 is 0 Å². The number of aromatic carboxylic acids is 6. The molecule has 5 aromatic rings. The van der Waals surface area contributed by atoms with Gasteiger partial charge < -0.3 is 40.2 Å². The van der Waals surface area contributed by atoms with E-state index in [2.05, 4.69) is 9.97 Å². The lowest BCUT2D eigenvalue weighted by molar-refractivity contribution is -0.387. The zero-order valence-corrected chi connectivity index (χ0v) is 26.6. The van der Waals surface area contributed by atoms with Crippen LogP contribution in [0.4, 0.5) is 0 Å². The number of aromatic nitrogens is 2. The number of carboxylic acid groups (broad SMARTS) is 6. The van der Waals surface area contributed by atoms with Gasteiger partial charge in [0, 0.05) is 49.2 Å². The molecule has 0 bridgehead atoms. The van der Waals surface area contributed by atoms with E-state index in [1.54, 1.807) is 0 Å². The van der Waals surface area contributed by atoms with Crippen LogP contribution in [0.3, 0.4) is 0 Å². The monoisotopic (exact) mass is 684 g/mol. The summed E-state index contributed by atoms with van der Waals surface area (Å²) in [6.07, 6.45) is 3.82. The molecular formula is C36H32N2O12. The summed E-state index contributed by atoms with van der Waals surface area (Å²) in [6.45, 7) is 4.06. The average Bonchev–Trinajstić information content (AvgIpc) is 3.10. The van der Waals surface area contributed by atoms with Crippen LogP contribution >= 0.6 is 0 Å². The van der Waals surface area contributed by atoms with Crippen LogP contribution in [0.2, 0.25) is 0 Å². The summed E-state index contributed by atoms with van der Waals surface area (Å²) < 4.78 is 0. The molecule has 0 fully saturated rings. The molecule has 0 saturated carbocycles. The minimum atomic E-state index is -1.48. The third-order valence-electron chi connectivity index (χ3n) is 5.87. The molecule has 0 saturated heterocycles. The van der Waals surface area contributed by atoms with Gasteiger partial charge in [-0.25, -0.2) is 29.1 Å². The van der Waals surface area contributed by atoms with Crippen molar-refractivity contribution in [2.45, 2.75) is 13.8 Å². The molecule has 2 heterocycles. The average molecular weight is 685 g/mol. The highest BCUT2D eigenvalue weighted by molar-refractivity contribution is 6.02. The van der Waals surface area contributed by atoms with Crippen molar-refractivity contribution in [3.63, 3.8) is 0 Å². The Morgan fingerprint density at radius 1 is 0.400 bits per heavy atom. The highest BCUT2D eigenvalue weighted by Crippen LogP contribution is 2.09. The Bertz CT molecular complexity index is 1600. The zero-order chi connectivity index (χ0) is 37.6. The minimum Gasteiger partial charge on any atom is -0.545 e. The second-order valence-electron chi connectivity index (χ2n) is 9.52. The van der Waals surface area contributed by atoms with Crippen LogP contribution in [0.1, 0.15) is 73.5 Å². The van der Waals surface area contributed by atoms with Gasteiger partial charge in [-0.05, 0) is 24.3 Å². The number of carbonyl (C=O) groups excluding carboxylic acids is 2. The van der Waals surface area contributed by atoms with Crippen LogP contribution in [0.15, 0.2) is 122 Å². The summed E-state index contributed by atoms with van der Waals surface area (Å²) >= 11 is 0. The number of rotatable bonds is 6. The number of pyridine rings is 2.